The first-order chi connectivity index (χ1) is 7.32. The molecule has 2 heterocycles. The van der Waals surface area contributed by atoms with E-state index in [0.29, 0.717) is 11.3 Å². The summed E-state index contributed by atoms with van der Waals surface area (Å²) in [5.74, 6) is -1.24. The van der Waals surface area contributed by atoms with Crippen molar-refractivity contribution in [2.24, 2.45) is 0 Å². The van der Waals surface area contributed by atoms with Gasteiger partial charge in [-0.05, 0) is 6.92 Å². The van der Waals surface area contributed by atoms with Crippen LogP contribution in [-0.2, 0) is 6.18 Å². The van der Waals surface area contributed by atoms with Crippen LogP contribution in [0.15, 0.2) is 6.33 Å². The maximum atomic E-state index is 12.5. The molecule has 0 aliphatic carbocycles. The lowest BCUT2D eigenvalue weighted by Crippen LogP contribution is -2.05. The average Bonchev–Trinajstić information content (AvgIpc) is 2.64. The van der Waals surface area contributed by atoms with Crippen molar-refractivity contribution in [1.29, 1.82) is 0 Å². The highest BCUT2D eigenvalue weighted by Gasteiger charge is 2.37. The van der Waals surface area contributed by atoms with Gasteiger partial charge in [0.1, 0.15) is 16.0 Å². The van der Waals surface area contributed by atoms with Crippen molar-refractivity contribution in [1.82, 2.24) is 9.38 Å². The number of aromatic nitrogens is 2. The molecule has 0 radical (unpaired) electrons. The van der Waals surface area contributed by atoms with Crippen LogP contribution in [0.25, 0.3) is 4.83 Å². The van der Waals surface area contributed by atoms with Crippen molar-refractivity contribution < 1.29 is 23.1 Å². The van der Waals surface area contributed by atoms with E-state index in [1.165, 1.54) is 6.92 Å². The predicted molar refractivity (Wildman–Crippen MR) is 49.8 cm³/mol. The van der Waals surface area contributed by atoms with Crippen LogP contribution in [0.1, 0.15) is 21.1 Å². The Labute approximate surface area is 91.0 Å². The lowest BCUT2D eigenvalue weighted by atomic mass is 10.4. The van der Waals surface area contributed by atoms with E-state index in [9.17, 15) is 18.0 Å². The molecule has 4 nitrogen and oxygen atoms in total. The maximum Gasteiger partial charge on any atom is 0.436 e. The second-order valence-corrected chi connectivity index (χ2v) is 4.09. The minimum Gasteiger partial charge on any atom is -0.477 e. The van der Waals surface area contributed by atoms with Gasteiger partial charge in [0.15, 0.2) is 5.69 Å². The molecule has 0 atom stereocenters. The number of carboxylic acids is 1. The molecule has 0 saturated carbocycles. The lowest BCUT2D eigenvalue weighted by Gasteiger charge is -2.00. The van der Waals surface area contributed by atoms with Crippen LogP contribution in [0.2, 0.25) is 0 Å². The molecule has 0 aliphatic heterocycles. The Hall–Kier alpha value is -1.57. The summed E-state index contributed by atoms with van der Waals surface area (Å²) in [5.41, 5.74) is -0.802. The minimum atomic E-state index is -4.57. The topological polar surface area (TPSA) is 54.6 Å². The average molecular weight is 250 g/mol. The molecule has 0 fully saturated rings. The van der Waals surface area contributed by atoms with Crippen LogP contribution < -0.4 is 0 Å². The molecule has 0 unspecified atom stereocenters. The molecule has 2 rings (SSSR count). The van der Waals surface area contributed by atoms with E-state index in [2.05, 4.69) is 4.98 Å². The van der Waals surface area contributed by atoms with Crippen molar-refractivity contribution in [3.05, 3.63) is 22.6 Å². The number of hydrogen-bond acceptors (Lipinski definition) is 3. The Morgan fingerprint density at radius 3 is 2.69 bits per heavy atom. The molecule has 8 heteroatoms. The van der Waals surface area contributed by atoms with Gasteiger partial charge < -0.3 is 5.11 Å². The zero-order valence-corrected chi connectivity index (χ0v) is 8.69. The smallest absolute Gasteiger partial charge is 0.436 e. The molecule has 0 saturated heterocycles. The largest absolute Gasteiger partial charge is 0.477 e. The second-order valence-electron chi connectivity index (χ2n) is 3.09. The number of hydrogen-bond donors (Lipinski definition) is 1. The highest BCUT2D eigenvalue weighted by molar-refractivity contribution is 7.19. The van der Waals surface area contributed by atoms with Crippen molar-refractivity contribution in [2.75, 3.05) is 0 Å². The zero-order chi connectivity index (χ0) is 12.1. The Bertz CT molecular complexity index is 570. The quantitative estimate of drug-likeness (QED) is 0.845. The predicted octanol–water partition coefficient (Wildman–Crippen LogP) is 2.42. The van der Waals surface area contributed by atoms with Gasteiger partial charge >= 0.3 is 12.1 Å². The van der Waals surface area contributed by atoms with Gasteiger partial charge in [0, 0.05) is 5.69 Å². The number of imidazole rings is 1. The number of carbonyl (C=O) groups is 1. The van der Waals surface area contributed by atoms with Gasteiger partial charge in [-0.3, -0.25) is 4.40 Å². The first-order valence-corrected chi connectivity index (χ1v) is 4.91. The van der Waals surface area contributed by atoms with Crippen LogP contribution in [0, 0.1) is 6.92 Å². The van der Waals surface area contributed by atoms with E-state index in [4.69, 9.17) is 5.11 Å². The van der Waals surface area contributed by atoms with E-state index in [1.54, 1.807) is 0 Å². The molecule has 2 aromatic rings. The van der Waals surface area contributed by atoms with Crippen molar-refractivity contribution in [3.63, 3.8) is 0 Å². The van der Waals surface area contributed by atoms with Crippen LogP contribution in [0.5, 0.6) is 0 Å². The standard InChI is InChI=1S/C8H5F3N2O2S/c1-3-4(7(14)15)16-6-5(8(9,10)11)12-2-13(3)6/h2H,1H3,(H,14,15). The molecule has 0 amide bonds. The maximum absolute atomic E-state index is 12.5. The molecule has 0 aromatic carbocycles. The molecule has 0 spiro atoms. The number of fused-ring (bicyclic) bond motifs is 1. The molecular weight excluding hydrogens is 245 g/mol. The normalized spacial score (nSPS) is 12.2. The van der Waals surface area contributed by atoms with E-state index in [-0.39, 0.29) is 15.4 Å². The molecule has 1 N–H and O–H groups in total. The zero-order valence-electron chi connectivity index (χ0n) is 7.87. The molecule has 2 aromatic heterocycles. The fourth-order valence-electron chi connectivity index (χ4n) is 1.35. The van der Waals surface area contributed by atoms with Crippen molar-refractivity contribution in [2.45, 2.75) is 13.1 Å². The fraction of sp³-hybridized carbons (Fsp3) is 0.250. The third-order valence-corrected chi connectivity index (χ3v) is 3.33. The van der Waals surface area contributed by atoms with Gasteiger partial charge in [-0.25, -0.2) is 9.78 Å². The number of thiazole rings is 1. The van der Waals surface area contributed by atoms with E-state index < -0.39 is 17.8 Å². The van der Waals surface area contributed by atoms with Gasteiger partial charge in [0.2, 0.25) is 0 Å². The summed E-state index contributed by atoms with van der Waals surface area (Å²) in [6, 6.07) is 0. The lowest BCUT2D eigenvalue weighted by molar-refractivity contribution is -0.139. The Morgan fingerprint density at radius 2 is 2.19 bits per heavy atom. The second kappa shape index (κ2) is 3.21. The van der Waals surface area contributed by atoms with E-state index in [0.717, 1.165) is 10.7 Å². The first kappa shape index (κ1) is 10.9. The Morgan fingerprint density at radius 1 is 1.56 bits per heavy atom. The summed E-state index contributed by atoms with van der Waals surface area (Å²) in [6.45, 7) is 1.44. The summed E-state index contributed by atoms with van der Waals surface area (Å²) in [4.78, 5) is 13.7. The number of alkyl halides is 3. The summed E-state index contributed by atoms with van der Waals surface area (Å²) >= 11 is 0.573. The highest BCUT2D eigenvalue weighted by Crippen LogP contribution is 2.35. The third-order valence-electron chi connectivity index (χ3n) is 2.08. The van der Waals surface area contributed by atoms with Crippen molar-refractivity contribution in [3.8, 4) is 0 Å². The van der Waals surface area contributed by atoms with Crippen LogP contribution in [-0.4, -0.2) is 20.5 Å². The number of aromatic carboxylic acids is 1. The van der Waals surface area contributed by atoms with Gasteiger partial charge in [0.05, 0.1) is 0 Å². The van der Waals surface area contributed by atoms with Crippen LogP contribution in [0.3, 0.4) is 0 Å². The number of carboxylic acid groups (broad SMARTS) is 1. The number of halogens is 3. The summed E-state index contributed by atoms with van der Waals surface area (Å²) in [6.07, 6.45) is -3.59. The first-order valence-electron chi connectivity index (χ1n) is 4.09. The van der Waals surface area contributed by atoms with Gasteiger partial charge in [0.25, 0.3) is 0 Å². The van der Waals surface area contributed by atoms with Crippen molar-refractivity contribution >= 4 is 22.1 Å². The summed E-state index contributed by atoms with van der Waals surface area (Å²) < 4.78 is 38.6. The van der Waals surface area contributed by atoms with Gasteiger partial charge in [-0.2, -0.15) is 13.2 Å². The van der Waals surface area contributed by atoms with E-state index in [1.807, 2.05) is 0 Å². The van der Waals surface area contributed by atoms with Gasteiger partial charge in [-0.15, -0.1) is 11.3 Å². The third kappa shape index (κ3) is 1.45. The number of nitrogens with zero attached hydrogens (tertiary/aromatic N) is 2. The monoisotopic (exact) mass is 250 g/mol. The molecular formula is C8H5F3N2O2S. The SMILES string of the molecule is Cc1c(C(=O)O)sc2c(C(F)(F)F)ncn12. The fourth-order valence-corrected chi connectivity index (χ4v) is 2.42. The molecule has 86 valence electrons. The van der Waals surface area contributed by atoms with Crippen LogP contribution >= 0.6 is 11.3 Å². The van der Waals surface area contributed by atoms with Gasteiger partial charge in [-0.1, -0.05) is 0 Å². The molecule has 0 aliphatic rings. The highest BCUT2D eigenvalue weighted by atomic mass is 32.1. The number of aryl methyl sites for hydroxylation is 1. The summed E-state index contributed by atoms with van der Waals surface area (Å²) in [5, 5.41) is 8.77. The Balaban J connectivity index is 2.74. The minimum absolute atomic E-state index is 0.108. The number of rotatable bonds is 1. The van der Waals surface area contributed by atoms with E-state index >= 15 is 0 Å². The Kier molecular flexibility index (Phi) is 2.19. The molecule has 0 bridgehead atoms. The van der Waals surface area contributed by atoms with Crippen LogP contribution in [0.4, 0.5) is 13.2 Å². The summed E-state index contributed by atoms with van der Waals surface area (Å²) in [7, 11) is 0. The molecule has 16 heavy (non-hydrogen) atoms.